The fraction of sp³-hybridized carbons (Fsp3) is 1.00. The minimum Gasteiger partial charge on any atom is -0.396 e. The molecule has 72 valence electrons. The lowest BCUT2D eigenvalue weighted by Gasteiger charge is -2.18. The summed E-state index contributed by atoms with van der Waals surface area (Å²) >= 11 is 0. The van der Waals surface area contributed by atoms with E-state index in [1.165, 1.54) is 6.42 Å². The van der Waals surface area contributed by atoms with E-state index in [9.17, 15) is 0 Å². The zero-order chi connectivity index (χ0) is 8.97. The molecule has 0 saturated heterocycles. The van der Waals surface area contributed by atoms with Crippen molar-refractivity contribution >= 4 is 0 Å². The van der Waals surface area contributed by atoms with Crippen LogP contribution in [0.1, 0.15) is 32.6 Å². The molecule has 1 fully saturated rings. The summed E-state index contributed by atoms with van der Waals surface area (Å²) in [7, 11) is 0. The fourth-order valence-corrected chi connectivity index (χ4v) is 1.85. The van der Waals surface area contributed by atoms with Crippen molar-refractivity contribution in [3.05, 3.63) is 0 Å². The predicted molar refractivity (Wildman–Crippen MR) is 49.9 cm³/mol. The van der Waals surface area contributed by atoms with Crippen LogP contribution in [0.3, 0.4) is 0 Å². The van der Waals surface area contributed by atoms with Gasteiger partial charge in [0.25, 0.3) is 0 Å². The van der Waals surface area contributed by atoms with Gasteiger partial charge in [0.2, 0.25) is 0 Å². The Morgan fingerprint density at radius 1 is 1.58 bits per heavy atom. The van der Waals surface area contributed by atoms with Crippen molar-refractivity contribution in [2.24, 2.45) is 5.73 Å². The number of hydrogen-bond acceptors (Lipinski definition) is 3. The Labute approximate surface area is 74.3 Å². The molecule has 0 radical (unpaired) electrons. The predicted octanol–water partition coefficient (Wildman–Crippen LogP) is 0.227. The summed E-state index contributed by atoms with van der Waals surface area (Å²) in [5.74, 6) is 0. The van der Waals surface area contributed by atoms with Crippen molar-refractivity contribution < 1.29 is 5.11 Å². The number of nitrogens with two attached hydrogens (primary N) is 1. The zero-order valence-electron chi connectivity index (χ0n) is 7.79. The van der Waals surface area contributed by atoms with E-state index in [-0.39, 0.29) is 6.61 Å². The van der Waals surface area contributed by atoms with E-state index in [4.69, 9.17) is 10.8 Å². The Morgan fingerprint density at radius 2 is 2.33 bits per heavy atom. The quantitative estimate of drug-likeness (QED) is 0.569. The fourth-order valence-electron chi connectivity index (χ4n) is 1.85. The van der Waals surface area contributed by atoms with E-state index < -0.39 is 0 Å². The van der Waals surface area contributed by atoms with Crippen LogP contribution in [0.5, 0.6) is 0 Å². The third kappa shape index (κ3) is 3.09. The van der Waals surface area contributed by atoms with Crippen LogP contribution < -0.4 is 11.1 Å². The summed E-state index contributed by atoms with van der Waals surface area (Å²) in [5.41, 5.74) is 5.79. The average Bonchev–Trinajstić information content (AvgIpc) is 2.36. The molecule has 0 aromatic carbocycles. The Morgan fingerprint density at radius 3 is 2.83 bits per heavy atom. The van der Waals surface area contributed by atoms with E-state index in [1.807, 2.05) is 0 Å². The molecule has 0 aromatic rings. The van der Waals surface area contributed by atoms with Gasteiger partial charge in [0.15, 0.2) is 0 Å². The highest BCUT2D eigenvalue weighted by Crippen LogP contribution is 2.17. The average molecular weight is 172 g/mol. The molecule has 0 heterocycles. The lowest BCUT2D eigenvalue weighted by Crippen LogP contribution is -2.36. The van der Waals surface area contributed by atoms with Gasteiger partial charge >= 0.3 is 0 Å². The molecule has 4 N–H and O–H groups in total. The first kappa shape index (κ1) is 9.96. The van der Waals surface area contributed by atoms with Gasteiger partial charge in [0, 0.05) is 24.7 Å². The van der Waals surface area contributed by atoms with Gasteiger partial charge in [-0.3, -0.25) is 0 Å². The van der Waals surface area contributed by atoms with Crippen molar-refractivity contribution in [1.29, 1.82) is 0 Å². The Hall–Kier alpha value is -0.120. The van der Waals surface area contributed by atoms with Gasteiger partial charge < -0.3 is 16.2 Å². The summed E-state index contributed by atoms with van der Waals surface area (Å²) < 4.78 is 0. The maximum atomic E-state index is 8.70. The molecule has 1 rings (SSSR count). The molecule has 0 bridgehead atoms. The van der Waals surface area contributed by atoms with Gasteiger partial charge in [-0.05, 0) is 32.6 Å². The number of rotatable bonds is 4. The maximum absolute atomic E-state index is 8.70. The number of hydrogen-bond donors (Lipinski definition) is 3. The zero-order valence-corrected chi connectivity index (χ0v) is 7.79. The Bertz CT molecular complexity index is 130. The standard InChI is InChI=1S/C9H20N2O/c1-7(4-5-12)11-9-3-2-8(10)6-9/h7-9,11-12H,2-6,10H2,1H3. The number of aliphatic hydroxyl groups excluding tert-OH is 1. The number of nitrogens with one attached hydrogen (secondary N) is 1. The summed E-state index contributed by atoms with van der Waals surface area (Å²) in [4.78, 5) is 0. The highest BCUT2D eigenvalue weighted by atomic mass is 16.3. The SMILES string of the molecule is CC(CCO)NC1CCC(N)C1. The first-order valence-corrected chi connectivity index (χ1v) is 4.85. The monoisotopic (exact) mass is 172 g/mol. The van der Waals surface area contributed by atoms with E-state index in [0.717, 1.165) is 19.3 Å². The Balaban J connectivity index is 2.14. The van der Waals surface area contributed by atoms with Crippen LogP contribution in [0.2, 0.25) is 0 Å². The maximum Gasteiger partial charge on any atom is 0.0445 e. The molecule has 3 atom stereocenters. The van der Waals surface area contributed by atoms with Crippen LogP contribution in [0.4, 0.5) is 0 Å². The molecule has 12 heavy (non-hydrogen) atoms. The second kappa shape index (κ2) is 4.80. The van der Waals surface area contributed by atoms with Crippen molar-refractivity contribution in [1.82, 2.24) is 5.32 Å². The van der Waals surface area contributed by atoms with Gasteiger partial charge in [-0.1, -0.05) is 0 Å². The van der Waals surface area contributed by atoms with Crippen LogP contribution >= 0.6 is 0 Å². The molecule has 0 aliphatic heterocycles. The van der Waals surface area contributed by atoms with E-state index >= 15 is 0 Å². The van der Waals surface area contributed by atoms with Gasteiger partial charge in [-0.2, -0.15) is 0 Å². The lowest BCUT2D eigenvalue weighted by molar-refractivity contribution is 0.263. The van der Waals surface area contributed by atoms with Crippen LogP contribution in [0.25, 0.3) is 0 Å². The molecule has 3 nitrogen and oxygen atoms in total. The van der Waals surface area contributed by atoms with E-state index in [1.54, 1.807) is 0 Å². The summed E-state index contributed by atoms with van der Waals surface area (Å²) in [5, 5.41) is 12.2. The highest BCUT2D eigenvalue weighted by molar-refractivity contribution is 4.84. The third-order valence-electron chi connectivity index (χ3n) is 2.56. The lowest BCUT2D eigenvalue weighted by atomic mass is 10.2. The van der Waals surface area contributed by atoms with Crippen molar-refractivity contribution in [3.63, 3.8) is 0 Å². The summed E-state index contributed by atoms with van der Waals surface area (Å²) in [6.45, 7) is 2.38. The normalized spacial score (nSPS) is 32.2. The minimum atomic E-state index is 0.271. The first-order valence-electron chi connectivity index (χ1n) is 4.85. The molecule has 0 spiro atoms. The van der Waals surface area contributed by atoms with Crippen LogP contribution in [-0.2, 0) is 0 Å². The van der Waals surface area contributed by atoms with Crippen LogP contribution in [0, 0.1) is 0 Å². The van der Waals surface area contributed by atoms with E-state index in [2.05, 4.69) is 12.2 Å². The van der Waals surface area contributed by atoms with E-state index in [0.29, 0.717) is 18.1 Å². The van der Waals surface area contributed by atoms with Crippen molar-refractivity contribution in [2.75, 3.05) is 6.61 Å². The molecular weight excluding hydrogens is 152 g/mol. The van der Waals surface area contributed by atoms with Crippen molar-refractivity contribution in [3.8, 4) is 0 Å². The third-order valence-corrected chi connectivity index (χ3v) is 2.56. The van der Waals surface area contributed by atoms with Gasteiger partial charge in [0.05, 0.1) is 0 Å². The smallest absolute Gasteiger partial charge is 0.0445 e. The molecule has 1 saturated carbocycles. The molecule has 0 aromatic heterocycles. The van der Waals surface area contributed by atoms with Gasteiger partial charge in [-0.25, -0.2) is 0 Å². The Kier molecular flexibility index (Phi) is 3.98. The molecule has 3 heteroatoms. The van der Waals surface area contributed by atoms with Gasteiger partial charge in [0.1, 0.15) is 0 Å². The second-order valence-corrected chi connectivity index (χ2v) is 3.85. The molecule has 1 aliphatic rings. The molecule has 1 aliphatic carbocycles. The molecule has 0 amide bonds. The topological polar surface area (TPSA) is 58.3 Å². The largest absolute Gasteiger partial charge is 0.396 e. The number of aliphatic hydroxyl groups is 1. The highest BCUT2D eigenvalue weighted by Gasteiger charge is 2.22. The summed E-state index contributed by atoms with van der Waals surface area (Å²) in [6, 6.07) is 1.40. The molecule has 3 unspecified atom stereocenters. The van der Waals surface area contributed by atoms with Gasteiger partial charge in [-0.15, -0.1) is 0 Å². The minimum absolute atomic E-state index is 0.271. The summed E-state index contributed by atoms with van der Waals surface area (Å²) in [6.07, 6.45) is 4.27. The van der Waals surface area contributed by atoms with Crippen molar-refractivity contribution in [2.45, 2.75) is 50.7 Å². The molecular formula is C9H20N2O. The first-order chi connectivity index (χ1) is 5.72. The second-order valence-electron chi connectivity index (χ2n) is 3.85. The van der Waals surface area contributed by atoms with Crippen LogP contribution in [0.15, 0.2) is 0 Å². The van der Waals surface area contributed by atoms with Crippen LogP contribution in [-0.4, -0.2) is 29.8 Å².